The zero-order valence-corrected chi connectivity index (χ0v) is 13.0. The highest BCUT2D eigenvalue weighted by Crippen LogP contribution is 2.28. The van der Waals surface area contributed by atoms with Gasteiger partial charge in [-0.25, -0.2) is 4.68 Å². The number of rotatable bonds is 3. The molecule has 0 bridgehead atoms. The number of aromatic nitrogens is 3. The molecule has 0 atom stereocenters. The van der Waals surface area contributed by atoms with Gasteiger partial charge in [0.25, 0.3) is 0 Å². The van der Waals surface area contributed by atoms with Crippen molar-refractivity contribution in [3.8, 4) is 5.69 Å². The Bertz CT molecular complexity index is 802. The summed E-state index contributed by atoms with van der Waals surface area (Å²) in [6.45, 7) is 0. The Balaban J connectivity index is 2.08. The largest absolute Gasteiger partial charge is 0.287 e. The van der Waals surface area contributed by atoms with E-state index in [1.807, 2.05) is 30.3 Å². The summed E-state index contributed by atoms with van der Waals surface area (Å²) in [6.07, 6.45) is 1.44. The molecule has 3 aromatic rings. The maximum absolute atomic E-state index is 12.7. The molecule has 6 heteroatoms. The van der Waals surface area contributed by atoms with Crippen LogP contribution in [0.3, 0.4) is 0 Å². The smallest absolute Gasteiger partial charge is 0.214 e. The summed E-state index contributed by atoms with van der Waals surface area (Å²) in [4.78, 5) is 12.7. The second-order valence-electron chi connectivity index (χ2n) is 4.30. The van der Waals surface area contributed by atoms with Crippen molar-refractivity contribution in [2.24, 2.45) is 0 Å². The molecule has 104 valence electrons. The first kappa shape index (κ1) is 14.0. The highest BCUT2D eigenvalue weighted by atomic mass is 79.9. The van der Waals surface area contributed by atoms with Gasteiger partial charge < -0.3 is 0 Å². The Kier molecular flexibility index (Phi) is 3.86. The number of benzene rings is 2. The van der Waals surface area contributed by atoms with E-state index >= 15 is 0 Å². The van der Waals surface area contributed by atoms with Crippen LogP contribution in [0.15, 0.2) is 59.2 Å². The SMILES string of the molecule is O=C(c1cccc(Br)c1Cl)c1cnnn1-c1ccccc1. The normalized spacial score (nSPS) is 10.6. The maximum Gasteiger partial charge on any atom is 0.214 e. The van der Waals surface area contributed by atoms with Gasteiger partial charge >= 0.3 is 0 Å². The topological polar surface area (TPSA) is 47.8 Å². The molecule has 0 aliphatic rings. The molecule has 0 N–H and O–H groups in total. The van der Waals surface area contributed by atoms with Gasteiger partial charge in [-0.15, -0.1) is 5.10 Å². The fraction of sp³-hybridized carbons (Fsp3) is 0. The van der Waals surface area contributed by atoms with Crippen molar-refractivity contribution in [2.75, 3.05) is 0 Å². The van der Waals surface area contributed by atoms with Crippen LogP contribution in [0, 0.1) is 0 Å². The van der Waals surface area contributed by atoms with Gasteiger partial charge in [-0.05, 0) is 40.2 Å². The molecule has 1 aromatic heterocycles. The lowest BCUT2D eigenvalue weighted by molar-refractivity contribution is 0.103. The standard InChI is InChI=1S/C15H9BrClN3O/c16-12-8-4-7-11(14(12)17)15(21)13-9-18-19-20(13)10-5-2-1-3-6-10/h1-9H. The van der Waals surface area contributed by atoms with Crippen LogP contribution in [-0.2, 0) is 0 Å². The van der Waals surface area contributed by atoms with Gasteiger partial charge in [0.1, 0.15) is 5.69 Å². The summed E-state index contributed by atoms with van der Waals surface area (Å²) >= 11 is 9.50. The number of carbonyl (C=O) groups excluding carboxylic acids is 1. The minimum absolute atomic E-state index is 0.227. The lowest BCUT2D eigenvalue weighted by Crippen LogP contribution is -2.10. The molecule has 0 amide bonds. The van der Waals surface area contributed by atoms with Crippen LogP contribution < -0.4 is 0 Å². The van der Waals surface area contributed by atoms with Gasteiger partial charge in [0.05, 0.1) is 16.9 Å². The van der Waals surface area contributed by atoms with Crippen LogP contribution >= 0.6 is 27.5 Å². The average molecular weight is 363 g/mol. The molecule has 0 saturated carbocycles. The summed E-state index contributed by atoms with van der Waals surface area (Å²) < 4.78 is 2.17. The predicted octanol–water partition coefficient (Wildman–Crippen LogP) is 3.91. The summed E-state index contributed by atoms with van der Waals surface area (Å²) in [5, 5.41) is 8.19. The third-order valence-electron chi connectivity index (χ3n) is 2.98. The van der Waals surface area contributed by atoms with Crippen molar-refractivity contribution in [1.29, 1.82) is 0 Å². The molecule has 0 saturated heterocycles. The second kappa shape index (κ2) is 5.79. The lowest BCUT2D eigenvalue weighted by atomic mass is 10.1. The maximum atomic E-state index is 12.7. The van der Waals surface area contributed by atoms with E-state index < -0.39 is 0 Å². The van der Waals surface area contributed by atoms with Crippen molar-refractivity contribution >= 4 is 33.3 Å². The predicted molar refractivity (Wildman–Crippen MR) is 83.9 cm³/mol. The molecule has 0 aliphatic heterocycles. The van der Waals surface area contributed by atoms with Crippen molar-refractivity contribution < 1.29 is 4.79 Å². The third-order valence-corrected chi connectivity index (χ3v) is 4.28. The quantitative estimate of drug-likeness (QED) is 0.664. The van der Waals surface area contributed by atoms with E-state index in [2.05, 4.69) is 26.2 Å². The minimum Gasteiger partial charge on any atom is -0.287 e. The highest BCUT2D eigenvalue weighted by molar-refractivity contribution is 9.10. The molecule has 0 spiro atoms. The zero-order chi connectivity index (χ0) is 14.8. The average Bonchev–Trinajstić information content (AvgIpc) is 3.00. The monoisotopic (exact) mass is 361 g/mol. The van der Waals surface area contributed by atoms with Gasteiger partial charge in [-0.1, -0.05) is 41.1 Å². The van der Waals surface area contributed by atoms with E-state index in [9.17, 15) is 4.79 Å². The van der Waals surface area contributed by atoms with E-state index in [1.165, 1.54) is 10.9 Å². The Morgan fingerprint density at radius 3 is 2.62 bits per heavy atom. The molecule has 0 aliphatic carbocycles. The molecule has 21 heavy (non-hydrogen) atoms. The van der Waals surface area contributed by atoms with E-state index in [1.54, 1.807) is 18.2 Å². The van der Waals surface area contributed by atoms with Gasteiger partial charge in [0.2, 0.25) is 5.78 Å². The van der Waals surface area contributed by atoms with Crippen molar-refractivity contribution in [2.45, 2.75) is 0 Å². The fourth-order valence-electron chi connectivity index (χ4n) is 1.97. The van der Waals surface area contributed by atoms with Crippen LogP contribution in [-0.4, -0.2) is 20.8 Å². The number of halogens is 2. The van der Waals surface area contributed by atoms with Crippen molar-refractivity contribution in [3.05, 3.63) is 75.5 Å². The van der Waals surface area contributed by atoms with Crippen LogP contribution in [0.5, 0.6) is 0 Å². The number of hydrogen-bond acceptors (Lipinski definition) is 3. The van der Waals surface area contributed by atoms with Gasteiger partial charge in [0, 0.05) is 10.0 Å². The second-order valence-corrected chi connectivity index (χ2v) is 5.53. The molecule has 3 rings (SSSR count). The minimum atomic E-state index is -0.227. The van der Waals surface area contributed by atoms with Gasteiger partial charge in [-0.3, -0.25) is 4.79 Å². The van der Waals surface area contributed by atoms with Crippen LogP contribution in [0.2, 0.25) is 5.02 Å². The van der Waals surface area contributed by atoms with E-state index in [0.717, 1.165) is 5.69 Å². The number of ketones is 1. The number of hydrogen-bond donors (Lipinski definition) is 0. The van der Waals surface area contributed by atoms with Gasteiger partial charge in [0.15, 0.2) is 0 Å². The van der Waals surface area contributed by atoms with Gasteiger partial charge in [-0.2, -0.15) is 0 Å². The molecule has 4 nitrogen and oxygen atoms in total. The van der Waals surface area contributed by atoms with Crippen molar-refractivity contribution in [1.82, 2.24) is 15.0 Å². The van der Waals surface area contributed by atoms with Crippen molar-refractivity contribution in [3.63, 3.8) is 0 Å². The number of nitrogens with zero attached hydrogens (tertiary/aromatic N) is 3. The zero-order valence-electron chi connectivity index (χ0n) is 10.7. The fourth-order valence-corrected chi connectivity index (χ4v) is 2.54. The highest BCUT2D eigenvalue weighted by Gasteiger charge is 2.19. The first-order valence-electron chi connectivity index (χ1n) is 6.13. The first-order chi connectivity index (χ1) is 10.2. The molecule has 2 aromatic carbocycles. The summed E-state index contributed by atoms with van der Waals surface area (Å²) in [6, 6.07) is 14.6. The Morgan fingerprint density at radius 1 is 1.10 bits per heavy atom. The lowest BCUT2D eigenvalue weighted by Gasteiger charge is -2.07. The number of carbonyl (C=O) groups is 1. The Morgan fingerprint density at radius 2 is 1.86 bits per heavy atom. The first-order valence-corrected chi connectivity index (χ1v) is 7.30. The summed E-state index contributed by atoms with van der Waals surface area (Å²) in [5.41, 5.74) is 1.54. The molecular weight excluding hydrogens is 354 g/mol. The molecular formula is C15H9BrClN3O. The molecule has 0 fully saturated rings. The van der Waals surface area contributed by atoms with Crippen LogP contribution in [0.1, 0.15) is 16.1 Å². The number of para-hydroxylation sites is 1. The Hall–Kier alpha value is -1.98. The Labute approximate surface area is 134 Å². The summed E-state index contributed by atoms with van der Waals surface area (Å²) in [7, 11) is 0. The van der Waals surface area contributed by atoms with E-state index in [-0.39, 0.29) is 5.78 Å². The van der Waals surface area contributed by atoms with E-state index in [0.29, 0.717) is 20.8 Å². The molecule has 0 unspecified atom stereocenters. The van der Waals surface area contributed by atoms with Crippen LogP contribution in [0.25, 0.3) is 5.69 Å². The third kappa shape index (κ3) is 2.62. The summed E-state index contributed by atoms with van der Waals surface area (Å²) in [5.74, 6) is -0.227. The van der Waals surface area contributed by atoms with E-state index in [4.69, 9.17) is 11.6 Å². The molecule has 0 radical (unpaired) electrons. The van der Waals surface area contributed by atoms with Crippen LogP contribution in [0.4, 0.5) is 0 Å². The molecule has 1 heterocycles.